The first-order chi connectivity index (χ1) is 17.2. The molecule has 0 radical (unpaired) electrons. The number of piperazine rings is 1. The number of carbonyl (C=O) groups is 1. The number of carboxylic acids is 1. The van der Waals surface area contributed by atoms with Gasteiger partial charge in [0.2, 0.25) is 5.43 Å². The molecule has 0 bridgehead atoms. The van der Waals surface area contributed by atoms with Crippen molar-refractivity contribution >= 4 is 74.1 Å². The van der Waals surface area contributed by atoms with Gasteiger partial charge in [0.05, 0.1) is 21.2 Å². The predicted molar refractivity (Wildman–Crippen MR) is 148 cm³/mol. The summed E-state index contributed by atoms with van der Waals surface area (Å²) in [5, 5.41) is 10.6. The van der Waals surface area contributed by atoms with Gasteiger partial charge < -0.3 is 19.5 Å². The molecule has 2 fully saturated rings. The van der Waals surface area contributed by atoms with Crippen molar-refractivity contribution in [2.24, 2.45) is 0 Å². The van der Waals surface area contributed by atoms with Crippen molar-refractivity contribution in [3.05, 3.63) is 73.7 Å². The van der Waals surface area contributed by atoms with Crippen LogP contribution in [0.15, 0.2) is 41.3 Å². The molecule has 1 N–H and O–H groups in total. The summed E-state index contributed by atoms with van der Waals surface area (Å²) < 4.78 is 17.8. The minimum absolute atomic E-state index is 0.0962. The highest BCUT2D eigenvalue weighted by Gasteiger charge is 2.29. The van der Waals surface area contributed by atoms with Gasteiger partial charge in [0.15, 0.2) is 0 Å². The van der Waals surface area contributed by atoms with E-state index in [4.69, 9.17) is 35.4 Å². The van der Waals surface area contributed by atoms with Gasteiger partial charge in [-0.1, -0.05) is 59.3 Å². The van der Waals surface area contributed by atoms with Crippen LogP contribution in [0.4, 0.5) is 10.1 Å². The van der Waals surface area contributed by atoms with E-state index in [0.717, 1.165) is 22.7 Å². The van der Waals surface area contributed by atoms with Gasteiger partial charge in [-0.3, -0.25) is 4.79 Å². The molecule has 0 unspecified atom stereocenters. The summed E-state index contributed by atoms with van der Waals surface area (Å²) in [5.74, 6) is -1.23. The lowest BCUT2D eigenvalue weighted by Crippen LogP contribution is -2.48. The molecule has 1 saturated heterocycles. The number of aromatic carboxylic acids is 1. The quantitative estimate of drug-likeness (QED) is 0.391. The van der Waals surface area contributed by atoms with Crippen molar-refractivity contribution < 1.29 is 14.3 Å². The maximum Gasteiger partial charge on any atom is 0.341 e. The number of thioether (sulfide) groups is 1. The molecule has 36 heavy (non-hydrogen) atoms. The first-order valence-electron chi connectivity index (χ1n) is 11.5. The molecular weight excluding hydrogens is 544 g/mol. The Labute approximate surface area is 226 Å². The predicted octanol–water partition coefficient (Wildman–Crippen LogP) is 5.82. The van der Waals surface area contributed by atoms with Gasteiger partial charge in [0, 0.05) is 49.6 Å². The smallest absolute Gasteiger partial charge is 0.341 e. The van der Waals surface area contributed by atoms with Gasteiger partial charge in [-0.25, -0.2) is 9.18 Å². The number of aromatic nitrogens is 1. The van der Waals surface area contributed by atoms with Crippen molar-refractivity contribution in [1.82, 2.24) is 9.47 Å². The standard InChI is InChI=1S/C25H22Cl2FN3O3S2/c26-18-3-1-2-14(22(18)27)13-36-25(35)30-8-6-29(7-9-30)21-11-20-16(10-19(21)28)23(32)17(24(33)34)12-31(20)15-4-5-15/h1-3,10-12,15H,4-9,13H2,(H,33,34). The van der Waals surface area contributed by atoms with Crippen LogP contribution in [0.1, 0.15) is 34.8 Å². The number of benzene rings is 2. The largest absolute Gasteiger partial charge is 0.477 e. The third-order valence-corrected chi connectivity index (χ3v) is 8.96. The summed E-state index contributed by atoms with van der Waals surface area (Å²) in [4.78, 5) is 28.3. The monoisotopic (exact) mass is 565 g/mol. The van der Waals surface area contributed by atoms with Crippen LogP contribution in [0, 0.1) is 5.82 Å². The summed E-state index contributed by atoms with van der Waals surface area (Å²) in [7, 11) is 0. The highest BCUT2D eigenvalue weighted by molar-refractivity contribution is 8.22. The molecule has 3 aromatic rings. The maximum atomic E-state index is 15.2. The molecule has 11 heteroatoms. The highest BCUT2D eigenvalue weighted by atomic mass is 35.5. The molecule has 5 rings (SSSR count). The van der Waals surface area contributed by atoms with Crippen LogP contribution in [0.3, 0.4) is 0 Å². The van der Waals surface area contributed by atoms with Gasteiger partial charge in [-0.05, 0) is 36.6 Å². The number of thiocarbonyl (C=S) groups is 1. The van der Waals surface area contributed by atoms with Gasteiger partial charge in [-0.2, -0.15) is 0 Å². The molecule has 6 nitrogen and oxygen atoms in total. The zero-order valence-corrected chi connectivity index (χ0v) is 22.2. The number of hydrogen-bond acceptors (Lipinski definition) is 5. The molecule has 0 atom stereocenters. The van der Waals surface area contributed by atoms with Crippen LogP contribution >= 0.6 is 47.2 Å². The van der Waals surface area contributed by atoms with Crippen LogP contribution in [0.5, 0.6) is 0 Å². The highest BCUT2D eigenvalue weighted by Crippen LogP contribution is 2.38. The number of rotatable bonds is 5. The fourth-order valence-corrected chi connectivity index (χ4v) is 6.14. The number of halogens is 3. The van der Waals surface area contributed by atoms with Crippen molar-refractivity contribution in [3.63, 3.8) is 0 Å². The van der Waals surface area contributed by atoms with Crippen LogP contribution in [-0.4, -0.2) is 51.0 Å². The Kier molecular flexibility index (Phi) is 7.18. The molecule has 1 aromatic heterocycles. The van der Waals surface area contributed by atoms with Gasteiger partial charge in [0.1, 0.15) is 15.7 Å². The average molecular weight is 567 g/mol. The Morgan fingerprint density at radius 2 is 1.89 bits per heavy atom. The minimum Gasteiger partial charge on any atom is -0.477 e. The van der Waals surface area contributed by atoms with Crippen LogP contribution < -0.4 is 10.3 Å². The van der Waals surface area contributed by atoms with E-state index in [0.29, 0.717) is 53.2 Å². The summed E-state index contributed by atoms with van der Waals surface area (Å²) in [5.41, 5.74) is 0.896. The van der Waals surface area contributed by atoms with Gasteiger partial charge >= 0.3 is 5.97 Å². The summed E-state index contributed by atoms with van der Waals surface area (Å²) >= 11 is 19.5. The van der Waals surface area contributed by atoms with Crippen LogP contribution in [0.2, 0.25) is 10.0 Å². The third-order valence-electron chi connectivity index (χ3n) is 6.53. The molecule has 0 amide bonds. The lowest BCUT2D eigenvalue weighted by molar-refractivity contribution is 0.0695. The molecule has 1 aliphatic carbocycles. The van der Waals surface area contributed by atoms with E-state index < -0.39 is 17.2 Å². The van der Waals surface area contributed by atoms with E-state index in [1.807, 2.05) is 21.6 Å². The number of pyridine rings is 1. The average Bonchev–Trinajstić information content (AvgIpc) is 3.70. The van der Waals surface area contributed by atoms with Crippen molar-refractivity contribution in [2.45, 2.75) is 24.6 Å². The maximum absolute atomic E-state index is 15.2. The van der Waals surface area contributed by atoms with E-state index in [1.54, 1.807) is 12.1 Å². The number of fused-ring (bicyclic) bond motifs is 1. The normalized spacial score (nSPS) is 16.0. The molecule has 0 spiro atoms. The molecule has 2 heterocycles. The summed E-state index contributed by atoms with van der Waals surface area (Å²) in [6.45, 7) is 2.36. The second-order valence-corrected chi connectivity index (χ2v) is 11.3. The van der Waals surface area contributed by atoms with E-state index in [1.165, 1.54) is 24.0 Å². The second kappa shape index (κ2) is 10.2. The molecule has 1 saturated carbocycles. The fourth-order valence-electron chi connectivity index (χ4n) is 4.43. The Bertz CT molecular complexity index is 1440. The SMILES string of the molecule is O=C(O)c1cn(C2CC2)c2cc(N3CCN(C(=S)SCc4cccc(Cl)c4Cl)CC3)c(F)cc2c1=O. The number of hydrogen-bond donors (Lipinski definition) is 1. The Morgan fingerprint density at radius 1 is 1.17 bits per heavy atom. The first-order valence-corrected chi connectivity index (χ1v) is 13.6. The number of carboxylic acid groups (broad SMARTS) is 1. The van der Waals surface area contributed by atoms with Crippen molar-refractivity contribution in [2.75, 3.05) is 31.1 Å². The molecular formula is C25H22Cl2FN3O3S2. The van der Waals surface area contributed by atoms with Crippen LogP contribution in [0.25, 0.3) is 10.9 Å². The van der Waals surface area contributed by atoms with Gasteiger partial charge in [-0.15, -0.1) is 0 Å². The zero-order valence-electron chi connectivity index (χ0n) is 19.0. The lowest BCUT2D eigenvalue weighted by atomic mass is 10.1. The van der Waals surface area contributed by atoms with Crippen LogP contribution in [-0.2, 0) is 5.75 Å². The van der Waals surface area contributed by atoms with Crippen molar-refractivity contribution in [3.8, 4) is 0 Å². The number of anilines is 1. The molecule has 1 aliphatic heterocycles. The Hall–Kier alpha value is -2.33. The third kappa shape index (κ3) is 4.94. The Balaban J connectivity index is 1.32. The van der Waals surface area contributed by atoms with Gasteiger partial charge in [0.25, 0.3) is 0 Å². The molecule has 2 aromatic carbocycles. The molecule has 188 valence electrons. The van der Waals surface area contributed by atoms with E-state index in [-0.39, 0.29) is 17.0 Å². The molecule has 2 aliphatic rings. The second-order valence-electron chi connectivity index (χ2n) is 8.88. The van der Waals surface area contributed by atoms with E-state index in [9.17, 15) is 14.7 Å². The van der Waals surface area contributed by atoms with Crippen molar-refractivity contribution in [1.29, 1.82) is 0 Å². The lowest BCUT2D eigenvalue weighted by Gasteiger charge is -2.37. The van der Waals surface area contributed by atoms with E-state index >= 15 is 4.39 Å². The first kappa shape index (κ1) is 25.3. The Morgan fingerprint density at radius 3 is 2.56 bits per heavy atom. The fraction of sp³-hybridized carbons (Fsp3) is 0.320. The number of nitrogens with zero attached hydrogens (tertiary/aromatic N) is 3. The minimum atomic E-state index is -1.30. The topological polar surface area (TPSA) is 65.8 Å². The summed E-state index contributed by atoms with van der Waals surface area (Å²) in [6, 6.07) is 8.51. The summed E-state index contributed by atoms with van der Waals surface area (Å²) in [6.07, 6.45) is 3.20. The van der Waals surface area contributed by atoms with E-state index in [2.05, 4.69) is 4.90 Å². The zero-order chi connectivity index (χ0) is 25.6.